The zero-order chi connectivity index (χ0) is 48.6. The third-order valence-corrected chi connectivity index (χ3v) is 12.5. The number of allylic oxidation sites excluding steroid dienone is 10. The molecule has 0 aromatic heterocycles. The van der Waals surface area contributed by atoms with Crippen molar-refractivity contribution in [1.82, 2.24) is 0 Å². The van der Waals surface area contributed by atoms with Crippen LogP contribution in [-0.4, -0.2) is 37.2 Å². The molecule has 67 heavy (non-hydrogen) atoms. The van der Waals surface area contributed by atoms with Crippen LogP contribution in [0.1, 0.15) is 290 Å². The Labute approximate surface area is 415 Å². The molecule has 0 amide bonds. The van der Waals surface area contributed by atoms with Gasteiger partial charge >= 0.3 is 17.9 Å². The first-order valence-corrected chi connectivity index (χ1v) is 28.8. The van der Waals surface area contributed by atoms with Gasteiger partial charge in [-0.2, -0.15) is 0 Å². The van der Waals surface area contributed by atoms with E-state index in [1.165, 1.54) is 154 Å². The van der Waals surface area contributed by atoms with E-state index in [4.69, 9.17) is 14.2 Å². The first-order valence-electron chi connectivity index (χ1n) is 28.8. The molecule has 0 aliphatic carbocycles. The highest BCUT2D eigenvalue weighted by atomic mass is 16.6. The van der Waals surface area contributed by atoms with Crippen molar-refractivity contribution in [2.75, 3.05) is 13.2 Å². The van der Waals surface area contributed by atoms with Crippen molar-refractivity contribution >= 4 is 17.9 Å². The molecule has 0 rings (SSSR count). The van der Waals surface area contributed by atoms with Gasteiger partial charge in [-0.15, -0.1) is 0 Å². The lowest BCUT2D eigenvalue weighted by Crippen LogP contribution is -2.30. The molecule has 0 saturated heterocycles. The average Bonchev–Trinajstić information content (AvgIpc) is 3.33. The fraction of sp³-hybridized carbons (Fsp3) is 0.787. The van der Waals surface area contributed by atoms with Crippen LogP contribution in [-0.2, 0) is 28.6 Å². The molecule has 1 unspecified atom stereocenters. The molecule has 0 bridgehead atoms. The lowest BCUT2D eigenvalue weighted by Gasteiger charge is -2.18. The smallest absolute Gasteiger partial charge is 0.306 e. The maximum absolute atomic E-state index is 12.8. The third kappa shape index (κ3) is 53.9. The van der Waals surface area contributed by atoms with Crippen LogP contribution in [0.15, 0.2) is 60.8 Å². The minimum Gasteiger partial charge on any atom is -0.462 e. The summed E-state index contributed by atoms with van der Waals surface area (Å²) in [6.45, 7) is 6.48. The van der Waals surface area contributed by atoms with Gasteiger partial charge in [0.15, 0.2) is 6.10 Å². The summed E-state index contributed by atoms with van der Waals surface area (Å²) < 4.78 is 16.8. The molecule has 1 atom stereocenters. The highest BCUT2D eigenvalue weighted by Crippen LogP contribution is 2.16. The molecule has 388 valence electrons. The van der Waals surface area contributed by atoms with Gasteiger partial charge in [-0.25, -0.2) is 0 Å². The molecule has 0 heterocycles. The summed E-state index contributed by atoms with van der Waals surface area (Å²) in [5.74, 6) is -0.905. The Balaban J connectivity index is 4.16. The molecule has 6 nitrogen and oxygen atoms in total. The lowest BCUT2D eigenvalue weighted by atomic mass is 10.0. The van der Waals surface area contributed by atoms with Gasteiger partial charge in [0.25, 0.3) is 0 Å². The van der Waals surface area contributed by atoms with Crippen LogP contribution >= 0.6 is 0 Å². The fourth-order valence-corrected chi connectivity index (χ4v) is 8.19. The van der Waals surface area contributed by atoms with E-state index in [0.717, 1.165) is 96.3 Å². The molecule has 0 aromatic rings. The Hall–Kier alpha value is -2.89. The quantitative estimate of drug-likeness (QED) is 0.0262. The van der Waals surface area contributed by atoms with Crippen LogP contribution in [0, 0.1) is 0 Å². The predicted octanol–water partition coefficient (Wildman–Crippen LogP) is 19.2. The van der Waals surface area contributed by atoms with Crippen molar-refractivity contribution in [2.24, 2.45) is 0 Å². The van der Waals surface area contributed by atoms with Crippen LogP contribution in [0.3, 0.4) is 0 Å². The monoisotopic (exact) mass is 937 g/mol. The van der Waals surface area contributed by atoms with E-state index in [-0.39, 0.29) is 31.1 Å². The van der Waals surface area contributed by atoms with Gasteiger partial charge in [0, 0.05) is 19.3 Å². The van der Waals surface area contributed by atoms with E-state index in [1.807, 2.05) is 0 Å². The maximum Gasteiger partial charge on any atom is 0.306 e. The second kappa shape index (κ2) is 55.7. The van der Waals surface area contributed by atoms with E-state index in [1.54, 1.807) is 0 Å². The zero-order valence-corrected chi connectivity index (χ0v) is 44.4. The van der Waals surface area contributed by atoms with E-state index >= 15 is 0 Å². The van der Waals surface area contributed by atoms with E-state index in [0.29, 0.717) is 19.3 Å². The molecule has 0 aliphatic rings. The molecule has 0 aliphatic heterocycles. The van der Waals surface area contributed by atoms with Crippen LogP contribution in [0.25, 0.3) is 0 Å². The molecule has 0 N–H and O–H groups in total. The van der Waals surface area contributed by atoms with Crippen LogP contribution in [0.4, 0.5) is 0 Å². The molecular formula is C61H108O6. The first kappa shape index (κ1) is 64.1. The summed E-state index contributed by atoms with van der Waals surface area (Å²) in [7, 11) is 0. The second-order valence-corrected chi connectivity index (χ2v) is 19.2. The molecular weight excluding hydrogens is 829 g/mol. The third-order valence-electron chi connectivity index (χ3n) is 12.5. The summed E-state index contributed by atoms with van der Waals surface area (Å²) in [5.41, 5.74) is 0. The Bertz CT molecular complexity index is 1210. The van der Waals surface area contributed by atoms with Crippen molar-refractivity contribution in [3.05, 3.63) is 60.8 Å². The summed E-state index contributed by atoms with van der Waals surface area (Å²) in [4.78, 5) is 37.9. The van der Waals surface area contributed by atoms with Gasteiger partial charge in [-0.05, 0) is 83.5 Å². The van der Waals surface area contributed by atoms with Crippen molar-refractivity contribution in [3.63, 3.8) is 0 Å². The number of carbonyl (C=O) groups is 3. The van der Waals surface area contributed by atoms with Crippen molar-refractivity contribution in [1.29, 1.82) is 0 Å². The topological polar surface area (TPSA) is 78.9 Å². The van der Waals surface area contributed by atoms with Crippen LogP contribution in [0.2, 0.25) is 0 Å². The van der Waals surface area contributed by atoms with Gasteiger partial charge in [-0.1, -0.05) is 248 Å². The van der Waals surface area contributed by atoms with Crippen LogP contribution in [0.5, 0.6) is 0 Å². The van der Waals surface area contributed by atoms with Gasteiger partial charge in [0.05, 0.1) is 0 Å². The maximum atomic E-state index is 12.8. The van der Waals surface area contributed by atoms with Crippen molar-refractivity contribution in [3.8, 4) is 0 Å². The molecule has 0 radical (unpaired) electrons. The Morgan fingerprint density at radius 2 is 0.582 bits per heavy atom. The normalized spacial score (nSPS) is 12.5. The molecule has 0 spiro atoms. The number of carbonyl (C=O) groups excluding carboxylic acids is 3. The van der Waals surface area contributed by atoms with E-state index in [2.05, 4.69) is 81.5 Å². The van der Waals surface area contributed by atoms with Crippen molar-refractivity contribution in [2.45, 2.75) is 297 Å². The highest BCUT2D eigenvalue weighted by molar-refractivity contribution is 5.71. The summed E-state index contributed by atoms with van der Waals surface area (Å²) in [6.07, 6.45) is 69.6. The number of unbranched alkanes of at least 4 members (excludes halogenated alkanes) is 31. The molecule has 6 heteroatoms. The number of hydrogen-bond acceptors (Lipinski definition) is 6. The minimum atomic E-state index is -0.783. The first-order chi connectivity index (χ1) is 33.0. The number of hydrogen-bond donors (Lipinski definition) is 0. The Morgan fingerprint density at radius 1 is 0.313 bits per heavy atom. The zero-order valence-electron chi connectivity index (χ0n) is 44.4. The van der Waals surface area contributed by atoms with Gasteiger partial charge in [0.1, 0.15) is 13.2 Å². The summed E-state index contributed by atoms with van der Waals surface area (Å²) in [6, 6.07) is 0. The standard InChI is InChI=1S/C61H108O6/c1-4-7-10-13-16-18-20-22-24-26-27-28-29-30-31-32-33-35-36-38-40-42-45-48-51-54-60(63)66-57-58(56-65-59(62)53-50-47-44-15-12-9-6-3)67-61(64)55-52-49-46-43-41-39-37-34-25-23-21-19-17-14-11-8-5-2/h8,11,17,19,23,25-27,37,39,58H,4-7,9-10,12-16,18,20-22,24,28-36,38,40-57H2,1-3H3/b11-8-,19-17-,25-23-,27-26-,39-37-. The Kier molecular flexibility index (Phi) is 53.3. The predicted molar refractivity (Wildman–Crippen MR) is 288 cm³/mol. The fourth-order valence-electron chi connectivity index (χ4n) is 8.19. The number of ether oxygens (including phenoxy) is 3. The summed E-state index contributed by atoms with van der Waals surface area (Å²) >= 11 is 0. The van der Waals surface area contributed by atoms with Crippen LogP contribution < -0.4 is 0 Å². The SMILES string of the molecule is CC/C=C\C/C=C\C/C=C\C/C=C\CCCCCCC(=O)OC(COC(=O)CCCCCCCCC)COC(=O)CCCCCCCCCCCCCCC/C=C\CCCCCCCCCC. The largest absolute Gasteiger partial charge is 0.462 e. The van der Waals surface area contributed by atoms with Gasteiger partial charge in [-0.3, -0.25) is 14.4 Å². The minimum absolute atomic E-state index is 0.0824. The van der Waals surface area contributed by atoms with Gasteiger partial charge < -0.3 is 14.2 Å². The Morgan fingerprint density at radius 3 is 0.925 bits per heavy atom. The van der Waals surface area contributed by atoms with Gasteiger partial charge in [0.2, 0.25) is 0 Å². The van der Waals surface area contributed by atoms with E-state index in [9.17, 15) is 14.4 Å². The van der Waals surface area contributed by atoms with Crippen molar-refractivity contribution < 1.29 is 28.6 Å². The summed E-state index contributed by atoms with van der Waals surface area (Å²) in [5, 5.41) is 0. The molecule has 0 fully saturated rings. The molecule has 0 saturated carbocycles. The lowest BCUT2D eigenvalue weighted by molar-refractivity contribution is -0.167. The number of esters is 3. The number of rotatable bonds is 52. The van der Waals surface area contributed by atoms with E-state index < -0.39 is 6.10 Å². The molecule has 0 aromatic carbocycles. The average molecular weight is 938 g/mol. The highest BCUT2D eigenvalue weighted by Gasteiger charge is 2.19. The second-order valence-electron chi connectivity index (χ2n) is 19.2.